The first-order valence-corrected chi connectivity index (χ1v) is 20.6. The minimum Gasteiger partial charge on any atom is -0.463 e. The predicted octanol–water partition coefficient (Wildman–Crippen LogP) is 10.6. The molecule has 1 rings (SSSR count). The smallest absolute Gasteiger partial charge is 0.306 e. The minimum atomic E-state index is -1.17. The fourth-order valence-corrected chi connectivity index (χ4v) is 6.33. The molecule has 0 bridgehead atoms. The number of carbonyl (C=O) groups excluding carboxylic acids is 2. The van der Waals surface area contributed by atoms with E-state index in [4.69, 9.17) is 14.2 Å². The lowest BCUT2D eigenvalue weighted by atomic mass is 10.1. The molecule has 0 radical (unpaired) electrons. The number of ether oxygens (including phenoxy) is 3. The van der Waals surface area contributed by atoms with Gasteiger partial charge in [0.1, 0.15) is 24.9 Å². The SMILES string of the molecule is CCCCCCCCC=CCCCCCCCC(=O)OCC(O)C1OCC(O)C1OC(=O)CCCCCCCC=CCCCCCCCC. The summed E-state index contributed by atoms with van der Waals surface area (Å²) in [5.41, 5.74) is 0. The van der Waals surface area contributed by atoms with E-state index in [0.29, 0.717) is 6.42 Å². The monoisotopic (exact) mass is 693 g/mol. The molecule has 1 heterocycles. The number of carbonyl (C=O) groups is 2. The van der Waals surface area contributed by atoms with E-state index in [2.05, 4.69) is 38.2 Å². The van der Waals surface area contributed by atoms with E-state index in [-0.39, 0.29) is 25.6 Å². The molecule has 1 aliphatic rings. The van der Waals surface area contributed by atoms with Crippen molar-refractivity contribution in [2.45, 2.75) is 218 Å². The number of aliphatic hydroxyl groups excluding tert-OH is 2. The van der Waals surface area contributed by atoms with Gasteiger partial charge in [0, 0.05) is 12.8 Å². The Bertz CT molecular complexity index is 826. The van der Waals surface area contributed by atoms with Crippen LogP contribution >= 0.6 is 0 Å². The summed E-state index contributed by atoms with van der Waals surface area (Å²) < 4.78 is 16.3. The lowest BCUT2D eigenvalue weighted by molar-refractivity contribution is -0.164. The van der Waals surface area contributed by atoms with E-state index in [0.717, 1.165) is 64.2 Å². The van der Waals surface area contributed by atoms with Crippen LogP contribution in [0.2, 0.25) is 0 Å². The van der Waals surface area contributed by atoms with Crippen molar-refractivity contribution in [1.29, 1.82) is 0 Å². The second kappa shape index (κ2) is 33.4. The number of allylic oxidation sites excluding steroid dienone is 4. The van der Waals surface area contributed by atoms with Crippen LogP contribution < -0.4 is 0 Å². The van der Waals surface area contributed by atoms with Crippen molar-refractivity contribution in [1.82, 2.24) is 0 Å². The van der Waals surface area contributed by atoms with E-state index in [1.54, 1.807) is 0 Å². The first-order chi connectivity index (χ1) is 24.0. The van der Waals surface area contributed by atoms with Crippen molar-refractivity contribution < 1.29 is 34.0 Å². The highest BCUT2D eigenvalue weighted by Gasteiger charge is 2.43. The van der Waals surface area contributed by atoms with Crippen molar-refractivity contribution in [3.63, 3.8) is 0 Å². The van der Waals surface area contributed by atoms with Crippen LogP contribution in [-0.2, 0) is 23.8 Å². The molecular formula is C42H76O7. The van der Waals surface area contributed by atoms with E-state index in [1.165, 1.54) is 103 Å². The van der Waals surface area contributed by atoms with Gasteiger partial charge in [0.2, 0.25) is 0 Å². The van der Waals surface area contributed by atoms with Gasteiger partial charge in [-0.2, -0.15) is 0 Å². The third-order valence-corrected chi connectivity index (χ3v) is 9.51. The zero-order valence-electron chi connectivity index (χ0n) is 31.8. The van der Waals surface area contributed by atoms with Gasteiger partial charge in [-0.25, -0.2) is 0 Å². The molecule has 49 heavy (non-hydrogen) atoms. The molecule has 1 fully saturated rings. The minimum absolute atomic E-state index is 0.0318. The Hall–Kier alpha value is -1.70. The average molecular weight is 693 g/mol. The van der Waals surface area contributed by atoms with Crippen molar-refractivity contribution in [3.8, 4) is 0 Å². The van der Waals surface area contributed by atoms with Crippen LogP contribution in [0.3, 0.4) is 0 Å². The lowest BCUT2D eigenvalue weighted by Crippen LogP contribution is -2.44. The Labute approximate surface area is 301 Å². The summed E-state index contributed by atoms with van der Waals surface area (Å²) in [5, 5.41) is 20.9. The van der Waals surface area contributed by atoms with Crippen LogP contribution in [0.4, 0.5) is 0 Å². The van der Waals surface area contributed by atoms with Gasteiger partial charge in [-0.1, -0.05) is 141 Å². The number of aliphatic hydroxyl groups is 2. The fourth-order valence-electron chi connectivity index (χ4n) is 6.33. The molecule has 7 heteroatoms. The number of hydrogen-bond acceptors (Lipinski definition) is 7. The molecule has 4 unspecified atom stereocenters. The topological polar surface area (TPSA) is 102 Å². The first kappa shape index (κ1) is 45.3. The molecule has 0 amide bonds. The molecule has 0 aliphatic carbocycles. The van der Waals surface area contributed by atoms with Gasteiger partial charge in [-0.05, 0) is 64.2 Å². The molecule has 1 saturated heterocycles. The fraction of sp³-hybridized carbons (Fsp3) is 0.857. The van der Waals surface area contributed by atoms with E-state index < -0.39 is 30.4 Å². The zero-order chi connectivity index (χ0) is 35.6. The molecule has 0 aromatic rings. The van der Waals surface area contributed by atoms with Crippen molar-refractivity contribution in [2.75, 3.05) is 13.2 Å². The Kier molecular flexibility index (Phi) is 30.9. The van der Waals surface area contributed by atoms with Crippen LogP contribution in [0, 0.1) is 0 Å². The molecule has 286 valence electrons. The maximum absolute atomic E-state index is 12.5. The summed E-state index contributed by atoms with van der Waals surface area (Å²) in [5.74, 6) is -0.751. The highest BCUT2D eigenvalue weighted by Crippen LogP contribution is 2.23. The van der Waals surface area contributed by atoms with Crippen LogP contribution in [0.1, 0.15) is 194 Å². The summed E-state index contributed by atoms with van der Waals surface area (Å²) in [6.07, 6.45) is 36.8. The molecule has 0 aromatic heterocycles. The molecule has 0 saturated carbocycles. The molecule has 0 aromatic carbocycles. The van der Waals surface area contributed by atoms with Gasteiger partial charge in [0.25, 0.3) is 0 Å². The highest BCUT2D eigenvalue weighted by atomic mass is 16.6. The Balaban J connectivity index is 2.05. The van der Waals surface area contributed by atoms with Gasteiger partial charge >= 0.3 is 11.9 Å². The van der Waals surface area contributed by atoms with E-state index in [9.17, 15) is 19.8 Å². The predicted molar refractivity (Wildman–Crippen MR) is 201 cm³/mol. The maximum atomic E-state index is 12.5. The molecular weight excluding hydrogens is 616 g/mol. The molecule has 1 aliphatic heterocycles. The van der Waals surface area contributed by atoms with Crippen molar-refractivity contribution in [2.24, 2.45) is 0 Å². The first-order valence-electron chi connectivity index (χ1n) is 20.6. The average Bonchev–Trinajstić information content (AvgIpc) is 3.46. The highest BCUT2D eigenvalue weighted by molar-refractivity contribution is 5.70. The van der Waals surface area contributed by atoms with Crippen LogP contribution in [-0.4, -0.2) is 59.8 Å². The second-order valence-electron chi connectivity index (χ2n) is 14.2. The van der Waals surface area contributed by atoms with Gasteiger partial charge in [-0.15, -0.1) is 0 Å². The quantitative estimate of drug-likeness (QED) is 0.0393. The molecule has 0 spiro atoms. The van der Waals surface area contributed by atoms with Gasteiger partial charge in [0.05, 0.1) is 6.61 Å². The van der Waals surface area contributed by atoms with E-state index in [1.807, 2.05) is 0 Å². The van der Waals surface area contributed by atoms with Crippen LogP contribution in [0.25, 0.3) is 0 Å². The molecule has 7 nitrogen and oxygen atoms in total. The summed E-state index contributed by atoms with van der Waals surface area (Å²) in [6.45, 7) is 4.23. The Morgan fingerprint density at radius 2 is 1.00 bits per heavy atom. The Morgan fingerprint density at radius 1 is 0.612 bits per heavy atom. The summed E-state index contributed by atoms with van der Waals surface area (Å²) in [4.78, 5) is 24.7. The second-order valence-corrected chi connectivity index (χ2v) is 14.2. The van der Waals surface area contributed by atoms with Gasteiger partial charge in [0.15, 0.2) is 6.10 Å². The standard InChI is InChI=1S/C42H76O7/c1-3-5-7-9-11-13-15-17-19-21-23-25-27-29-31-33-39(45)47-35-37(43)41-42(38(44)36-48-41)49-40(46)34-32-30-28-26-24-22-20-18-16-14-12-10-8-6-4-2/h17-20,37-38,41-44H,3-16,21-36H2,1-2H3. The van der Waals surface area contributed by atoms with Crippen molar-refractivity contribution >= 4 is 11.9 Å². The number of hydrogen-bond donors (Lipinski definition) is 2. The number of rotatable bonds is 34. The third kappa shape index (κ3) is 26.7. The summed E-state index contributed by atoms with van der Waals surface area (Å²) in [6, 6.07) is 0. The Morgan fingerprint density at radius 3 is 1.45 bits per heavy atom. The van der Waals surface area contributed by atoms with Crippen molar-refractivity contribution in [3.05, 3.63) is 24.3 Å². The maximum Gasteiger partial charge on any atom is 0.306 e. The molecule has 2 N–H and O–H groups in total. The molecule has 4 atom stereocenters. The lowest BCUT2D eigenvalue weighted by Gasteiger charge is -2.24. The van der Waals surface area contributed by atoms with Gasteiger partial charge in [-0.3, -0.25) is 9.59 Å². The largest absolute Gasteiger partial charge is 0.463 e. The summed E-state index contributed by atoms with van der Waals surface area (Å²) >= 11 is 0. The van der Waals surface area contributed by atoms with Crippen LogP contribution in [0.5, 0.6) is 0 Å². The summed E-state index contributed by atoms with van der Waals surface area (Å²) in [7, 11) is 0. The van der Waals surface area contributed by atoms with Crippen LogP contribution in [0.15, 0.2) is 24.3 Å². The normalized spacial score (nSPS) is 18.5. The zero-order valence-corrected chi connectivity index (χ0v) is 31.8. The number of esters is 2. The van der Waals surface area contributed by atoms with E-state index >= 15 is 0 Å². The number of unbranched alkanes of at least 4 members (excludes halogenated alkanes) is 22. The van der Waals surface area contributed by atoms with Gasteiger partial charge < -0.3 is 24.4 Å². The third-order valence-electron chi connectivity index (χ3n) is 9.51.